The Morgan fingerprint density at radius 2 is 1.73 bits per heavy atom. The predicted molar refractivity (Wildman–Crippen MR) is 87.6 cm³/mol. The lowest BCUT2D eigenvalue weighted by Gasteiger charge is -2.13. The molecule has 2 rings (SSSR count). The molecule has 2 aromatic carbocycles. The third-order valence-corrected chi connectivity index (χ3v) is 4.11. The second-order valence-electron chi connectivity index (χ2n) is 5.11. The van der Waals surface area contributed by atoms with E-state index in [9.17, 15) is 27.2 Å². The molecule has 1 amide bonds. The lowest BCUT2D eigenvalue weighted by Crippen LogP contribution is -2.30. The minimum atomic E-state index is -1.23. The molecule has 0 aromatic heterocycles. The molecule has 0 heterocycles. The molecule has 138 valence electrons. The average Bonchev–Trinajstić information content (AvgIpc) is 2.59. The van der Waals surface area contributed by atoms with E-state index >= 15 is 0 Å². The molecule has 0 fully saturated rings. The molecule has 0 spiro atoms. The maximum Gasteiger partial charge on any atom is 0.317 e. The highest BCUT2D eigenvalue weighted by Gasteiger charge is 2.19. The molecule has 0 saturated heterocycles. The predicted octanol–water partition coefficient (Wildman–Crippen LogP) is 3.91. The van der Waals surface area contributed by atoms with Gasteiger partial charge in [0.15, 0.2) is 17.7 Å². The van der Waals surface area contributed by atoms with Crippen LogP contribution in [0, 0.1) is 23.3 Å². The highest BCUT2D eigenvalue weighted by Crippen LogP contribution is 2.23. The maximum absolute atomic E-state index is 13.5. The van der Waals surface area contributed by atoms with Crippen LogP contribution in [0.2, 0.25) is 0 Å². The third kappa shape index (κ3) is 5.48. The van der Waals surface area contributed by atoms with Crippen molar-refractivity contribution in [1.82, 2.24) is 0 Å². The SMILES string of the molecule is C[C@H](OC(=O)CSc1cc(F)ccc1F)C(=O)Nc1ccc(F)c(F)c1. The standard InChI is InChI=1S/C17H13F4NO3S/c1-9(17(24)22-11-3-5-12(19)14(21)7-11)25-16(23)8-26-15-6-10(18)2-4-13(15)20/h2-7,9H,8H2,1H3,(H,22,24)/t9-/m0/s1. The van der Waals surface area contributed by atoms with Gasteiger partial charge >= 0.3 is 5.97 Å². The van der Waals surface area contributed by atoms with Crippen LogP contribution in [-0.2, 0) is 14.3 Å². The van der Waals surface area contributed by atoms with Gasteiger partial charge in [-0.1, -0.05) is 0 Å². The fraction of sp³-hybridized carbons (Fsp3) is 0.176. The van der Waals surface area contributed by atoms with Crippen molar-refractivity contribution in [2.24, 2.45) is 0 Å². The zero-order valence-corrected chi connectivity index (χ0v) is 14.2. The summed E-state index contributed by atoms with van der Waals surface area (Å²) in [5, 5.41) is 2.27. The van der Waals surface area contributed by atoms with Gasteiger partial charge in [0, 0.05) is 16.6 Å². The minimum absolute atomic E-state index is 0.00648. The number of amides is 1. The van der Waals surface area contributed by atoms with Crippen molar-refractivity contribution >= 4 is 29.3 Å². The Balaban J connectivity index is 1.86. The smallest absolute Gasteiger partial charge is 0.317 e. The molecule has 0 unspecified atom stereocenters. The van der Waals surface area contributed by atoms with E-state index in [1.165, 1.54) is 6.92 Å². The van der Waals surface area contributed by atoms with E-state index in [1.54, 1.807) is 0 Å². The van der Waals surface area contributed by atoms with Crippen LogP contribution >= 0.6 is 11.8 Å². The molecule has 9 heteroatoms. The molecule has 0 bridgehead atoms. The van der Waals surface area contributed by atoms with Crippen LogP contribution in [-0.4, -0.2) is 23.7 Å². The number of thioether (sulfide) groups is 1. The number of rotatable bonds is 6. The van der Waals surface area contributed by atoms with Gasteiger partial charge < -0.3 is 10.1 Å². The summed E-state index contributed by atoms with van der Waals surface area (Å²) in [6, 6.07) is 5.58. The summed E-state index contributed by atoms with van der Waals surface area (Å²) < 4.78 is 57.3. The highest BCUT2D eigenvalue weighted by atomic mass is 32.2. The lowest BCUT2D eigenvalue weighted by atomic mass is 10.3. The number of hydrogen-bond donors (Lipinski definition) is 1. The summed E-state index contributed by atoms with van der Waals surface area (Å²) in [6.45, 7) is 1.28. The summed E-state index contributed by atoms with van der Waals surface area (Å²) in [4.78, 5) is 23.6. The Kier molecular flexibility index (Phi) is 6.62. The maximum atomic E-state index is 13.5. The van der Waals surface area contributed by atoms with E-state index in [1.807, 2.05) is 0 Å². The molecule has 1 atom stereocenters. The molecule has 0 aliphatic carbocycles. The highest BCUT2D eigenvalue weighted by molar-refractivity contribution is 8.00. The second-order valence-corrected chi connectivity index (χ2v) is 6.13. The normalized spacial score (nSPS) is 11.7. The molecule has 0 radical (unpaired) electrons. The van der Waals surface area contributed by atoms with Crippen LogP contribution in [0.15, 0.2) is 41.3 Å². The van der Waals surface area contributed by atoms with E-state index < -0.39 is 41.2 Å². The van der Waals surface area contributed by atoms with Gasteiger partial charge in [0.05, 0.1) is 5.75 Å². The Labute approximate surface area is 150 Å². The molecular weight excluding hydrogens is 374 g/mol. The summed E-state index contributed by atoms with van der Waals surface area (Å²) >= 11 is 0.718. The van der Waals surface area contributed by atoms with E-state index in [2.05, 4.69) is 5.32 Å². The van der Waals surface area contributed by atoms with Crippen LogP contribution in [0.25, 0.3) is 0 Å². The van der Waals surface area contributed by atoms with E-state index in [-0.39, 0.29) is 16.3 Å². The van der Waals surface area contributed by atoms with E-state index in [4.69, 9.17) is 4.74 Å². The van der Waals surface area contributed by atoms with E-state index in [0.717, 1.165) is 48.2 Å². The monoisotopic (exact) mass is 387 g/mol. The molecular formula is C17H13F4NO3S. The number of halogens is 4. The van der Waals surface area contributed by atoms with Gasteiger partial charge in [0.1, 0.15) is 11.6 Å². The van der Waals surface area contributed by atoms with Crippen molar-refractivity contribution in [3.8, 4) is 0 Å². The number of ether oxygens (including phenoxy) is 1. The quantitative estimate of drug-likeness (QED) is 0.464. The fourth-order valence-corrected chi connectivity index (χ4v) is 2.57. The van der Waals surface area contributed by atoms with Crippen molar-refractivity contribution in [1.29, 1.82) is 0 Å². The molecule has 0 saturated carbocycles. The number of benzene rings is 2. The molecule has 1 N–H and O–H groups in total. The number of anilines is 1. The average molecular weight is 387 g/mol. The second kappa shape index (κ2) is 8.70. The first-order valence-electron chi connectivity index (χ1n) is 7.29. The topological polar surface area (TPSA) is 55.4 Å². The van der Waals surface area contributed by atoms with Crippen molar-refractivity contribution < 1.29 is 31.9 Å². The summed E-state index contributed by atoms with van der Waals surface area (Å²) in [6.07, 6.45) is -1.23. The Morgan fingerprint density at radius 1 is 1.04 bits per heavy atom. The summed E-state index contributed by atoms with van der Waals surface area (Å²) in [5.41, 5.74) is -0.00648. The van der Waals surface area contributed by atoms with Crippen molar-refractivity contribution in [2.45, 2.75) is 17.9 Å². The van der Waals surface area contributed by atoms with Gasteiger partial charge in [0.2, 0.25) is 0 Å². The number of hydrogen-bond acceptors (Lipinski definition) is 4. The molecule has 0 aliphatic rings. The van der Waals surface area contributed by atoms with Crippen molar-refractivity contribution in [3.05, 3.63) is 59.7 Å². The molecule has 0 aliphatic heterocycles. The first-order valence-corrected chi connectivity index (χ1v) is 8.28. The summed E-state index contributed by atoms with van der Waals surface area (Å²) in [5.74, 6) is -5.47. The Bertz CT molecular complexity index is 832. The number of carbonyl (C=O) groups is 2. The fourth-order valence-electron chi connectivity index (χ4n) is 1.83. The largest absolute Gasteiger partial charge is 0.452 e. The zero-order valence-electron chi connectivity index (χ0n) is 13.4. The van der Waals surface area contributed by atoms with Crippen molar-refractivity contribution in [3.63, 3.8) is 0 Å². The van der Waals surface area contributed by atoms with Gasteiger partial charge in [-0.3, -0.25) is 9.59 Å². The van der Waals surface area contributed by atoms with Crippen molar-refractivity contribution in [2.75, 3.05) is 11.1 Å². The first kappa shape index (κ1) is 19.8. The van der Waals surface area contributed by atoms with Crippen LogP contribution in [0.5, 0.6) is 0 Å². The van der Waals surface area contributed by atoms with Crippen LogP contribution < -0.4 is 5.32 Å². The van der Waals surface area contributed by atoms with E-state index in [0.29, 0.717) is 0 Å². The lowest BCUT2D eigenvalue weighted by molar-refractivity contribution is -0.150. The minimum Gasteiger partial charge on any atom is -0.452 e. The van der Waals surface area contributed by atoms with Crippen LogP contribution in [0.4, 0.5) is 23.2 Å². The Morgan fingerprint density at radius 3 is 2.42 bits per heavy atom. The van der Waals surface area contributed by atoms with Gasteiger partial charge in [-0.05, 0) is 37.3 Å². The molecule has 2 aromatic rings. The van der Waals surface area contributed by atoms with Gasteiger partial charge in [0.25, 0.3) is 5.91 Å². The number of carbonyl (C=O) groups excluding carboxylic acids is 2. The van der Waals surface area contributed by atoms with Crippen LogP contribution in [0.1, 0.15) is 6.92 Å². The van der Waals surface area contributed by atoms with Crippen LogP contribution in [0.3, 0.4) is 0 Å². The van der Waals surface area contributed by atoms with Gasteiger partial charge in [-0.15, -0.1) is 11.8 Å². The molecule has 26 heavy (non-hydrogen) atoms. The van der Waals surface area contributed by atoms with Gasteiger partial charge in [-0.25, -0.2) is 17.6 Å². The third-order valence-electron chi connectivity index (χ3n) is 3.10. The number of nitrogens with one attached hydrogen (secondary N) is 1. The van der Waals surface area contributed by atoms with Gasteiger partial charge in [-0.2, -0.15) is 0 Å². The zero-order chi connectivity index (χ0) is 19.3. The molecule has 4 nitrogen and oxygen atoms in total. The Hall–Kier alpha value is -2.55. The first-order chi connectivity index (χ1) is 12.3. The summed E-state index contributed by atoms with van der Waals surface area (Å²) in [7, 11) is 0. The number of esters is 1.